The monoisotopic (exact) mass is 271 g/mol. The average molecular weight is 271 g/mol. The van der Waals surface area contributed by atoms with Gasteiger partial charge in [-0.15, -0.1) is 0 Å². The van der Waals surface area contributed by atoms with Crippen molar-refractivity contribution in [3.8, 4) is 0 Å². The van der Waals surface area contributed by atoms with Crippen LogP contribution in [0.5, 0.6) is 0 Å². The molecule has 0 spiro atoms. The molecule has 0 aromatic carbocycles. The second kappa shape index (κ2) is 5.80. The smallest absolute Gasteiger partial charge is 0.137 e. The molecule has 0 amide bonds. The van der Waals surface area contributed by atoms with Crippen LogP contribution < -0.4 is 5.32 Å². The largest absolute Gasteiger partial charge is 0.308 e. The summed E-state index contributed by atoms with van der Waals surface area (Å²) in [6.45, 7) is 11.9. The highest BCUT2D eigenvalue weighted by atomic mass is 15.0. The Labute approximate surface area is 121 Å². The zero-order valence-electron chi connectivity index (χ0n) is 13.1. The molecule has 3 heteroatoms. The Morgan fingerprint density at radius 3 is 2.70 bits per heavy atom. The Morgan fingerprint density at radius 1 is 1.35 bits per heavy atom. The zero-order valence-corrected chi connectivity index (χ0v) is 13.1. The van der Waals surface area contributed by atoms with Crippen molar-refractivity contribution in [2.24, 2.45) is 5.92 Å². The van der Waals surface area contributed by atoms with E-state index in [0.29, 0.717) is 5.92 Å². The quantitative estimate of drug-likeness (QED) is 0.917. The summed E-state index contributed by atoms with van der Waals surface area (Å²) >= 11 is 0. The normalized spacial score (nSPS) is 13.4. The summed E-state index contributed by atoms with van der Waals surface area (Å²) in [7, 11) is 0. The van der Waals surface area contributed by atoms with Gasteiger partial charge in [-0.05, 0) is 44.9 Å². The Balaban J connectivity index is 2.23. The van der Waals surface area contributed by atoms with Gasteiger partial charge in [0, 0.05) is 24.5 Å². The highest BCUT2D eigenvalue weighted by Crippen LogP contribution is 2.15. The van der Waals surface area contributed by atoms with E-state index in [2.05, 4.69) is 61.6 Å². The Hall–Kier alpha value is -1.61. The molecule has 0 aliphatic rings. The molecular weight excluding hydrogens is 246 g/mol. The second-order valence-electron chi connectivity index (χ2n) is 6.61. The maximum atomic E-state index is 4.64. The lowest BCUT2D eigenvalue weighted by atomic mass is 10.0. The van der Waals surface area contributed by atoms with Crippen LogP contribution in [0.15, 0.2) is 36.2 Å². The number of fused-ring (bicyclic) bond motifs is 1. The fraction of sp³-hybridized carbons (Fsp3) is 0.471. The van der Waals surface area contributed by atoms with Crippen LogP contribution >= 0.6 is 0 Å². The van der Waals surface area contributed by atoms with Crippen molar-refractivity contribution in [2.45, 2.75) is 40.2 Å². The highest BCUT2D eigenvalue weighted by Gasteiger charge is 2.12. The van der Waals surface area contributed by atoms with E-state index in [1.54, 1.807) is 0 Å². The first-order valence-electron chi connectivity index (χ1n) is 7.24. The molecule has 0 bridgehead atoms. The minimum Gasteiger partial charge on any atom is -0.308 e. The predicted octanol–water partition coefficient (Wildman–Crippen LogP) is 3.76. The van der Waals surface area contributed by atoms with Crippen molar-refractivity contribution < 1.29 is 0 Å². The molecule has 0 radical (unpaired) electrons. The third-order valence-electron chi connectivity index (χ3n) is 3.28. The summed E-state index contributed by atoms with van der Waals surface area (Å²) < 4.78 is 2.06. The molecule has 0 aliphatic carbocycles. The van der Waals surface area contributed by atoms with Crippen LogP contribution in [0.25, 0.3) is 11.7 Å². The molecule has 0 saturated carbocycles. The topological polar surface area (TPSA) is 29.3 Å². The molecule has 0 atom stereocenters. The van der Waals surface area contributed by atoms with Crippen LogP contribution in [0.1, 0.15) is 40.3 Å². The van der Waals surface area contributed by atoms with Crippen molar-refractivity contribution in [3.63, 3.8) is 0 Å². The molecule has 1 N–H and O–H groups in total. The van der Waals surface area contributed by atoms with E-state index in [1.165, 1.54) is 5.57 Å². The van der Waals surface area contributed by atoms with Crippen LogP contribution in [0, 0.1) is 5.92 Å². The lowest BCUT2D eigenvalue weighted by Crippen LogP contribution is -2.37. The van der Waals surface area contributed by atoms with E-state index < -0.39 is 0 Å². The number of nitrogens with zero attached hydrogens (tertiary/aromatic N) is 2. The van der Waals surface area contributed by atoms with Crippen molar-refractivity contribution in [3.05, 3.63) is 41.9 Å². The number of hydrogen-bond acceptors (Lipinski definition) is 2. The molecule has 2 aromatic heterocycles. The summed E-state index contributed by atoms with van der Waals surface area (Å²) in [6.07, 6.45) is 6.31. The fourth-order valence-corrected chi connectivity index (χ4v) is 2.00. The zero-order chi connectivity index (χ0) is 14.8. The number of aromatic nitrogens is 2. The minimum atomic E-state index is 0.132. The molecule has 108 valence electrons. The summed E-state index contributed by atoms with van der Waals surface area (Å²) in [4.78, 5) is 4.64. The Morgan fingerprint density at radius 2 is 2.10 bits per heavy atom. The standard InChI is InChI=1S/C17H25N3/c1-13(2)14(11-18-17(3,4)5)10-15-12-20-9-7-6-8-16(20)19-15/h6-10,12-13,18H,11H2,1-5H3. The van der Waals surface area contributed by atoms with Gasteiger partial charge in [-0.2, -0.15) is 0 Å². The molecule has 2 rings (SSSR count). The number of rotatable bonds is 4. The van der Waals surface area contributed by atoms with E-state index in [0.717, 1.165) is 17.9 Å². The van der Waals surface area contributed by atoms with Gasteiger partial charge in [0.15, 0.2) is 0 Å². The molecule has 0 aliphatic heterocycles. The lowest BCUT2D eigenvalue weighted by Gasteiger charge is -2.23. The highest BCUT2D eigenvalue weighted by molar-refractivity contribution is 5.54. The predicted molar refractivity (Wildman–Crippen MR) is 85.8 cm³/mol. The van der Waals surface area contributed by atoms with Gasteiger partial charge in [-0.3, -0.25) is 0 Å². The van der Waals surface area contributed by atoms with Crippen molar-refractivity contribution in [2.75, 3.05) is 6.54 Å². The third-order valence-corrected chi connectivity index (χ3v) is 3.28. The molecule has 0 unspecified atom stereocenters. The molecule has 0 fully saturated rings. The summed E-state index contributed by atoms with van der Waals surface area (Å²) in [5.74, 6) is 0.509. The van der Waals surface area contributed by atoms with E-state index in [9.17, 15) is 0 Å². The van der Waals surface area contributed by atoms with Crippen LogP contribution in [0.3, 0.4) is 0 Å². The Bertz CT molecular complexity index is 567. The van der Waals surface area contributed by atoms with E-state index in [-0.39, 0.29) is 5.54 Å². The maximum absolute atomic E-state index is 4.64. The molecular formula is C17H25N3. The van der Waals surface area contributed by atoms with Crippen molar-refractivity contribution in [1.29, 1.82) is 0 Å². The van der Waals surface area contributed by atoms with Gasteiger partial charge in [-0.25, -0.2) is 4.98 Å². The first-order valence-corrected chi connectivity index (χ1v) is 7.24. The van der Waals surface area contributed by atoms with Gasteiger partial charge in [0.1, 0.15) is 5.65 Å². The summed E-state index contributed by atoms with van der Waals surface area (Å²) in [6, 6.07) is 6.06. The second-order valence-corrected chi connectivity index (χ2v) is 6.61. The van der Waals surface area contributed by atoms with Crippen LogP contribution in [0.2, 0.25) is 0 Å². The third kappa shape index (κ3) is 3.94. The first kappa shape index (κ1) is 14.8. The number of nitrogens with one attached hydrogen (secondary N) is 1. The summed E-state index contributed by atoms with van der Waals surface area (Å²) in [5.41, 5.74) is 3.52. The van der Waals surface area contributed by atoms with Gasteiger partial charge in [0.2, 0.25) is 0 Å². The fourth-order valence-electron chi connectivity index (χ4n) is 2.00. The minimum absolute atomic E-state index is 0.132. The lowest BCUT2D eigenvalue weighted by molar-refractivity contribution is 0.437. The van der Waals surface area contributed by atoms with Gasteiger partial charge in [0.05, 0.1) is 5.69 Å². The molecule has 3 nitrogen and oxygen atoms in total. The van der Waals surface area contributed by atoms with E-state index >= 15 is 0 Å². The summed E-state index contributed by atoms with van der Waals surface area (Å²) in [5, 5.41) is 3.55. The van der Waals surface area contributed by atoms with Gasteiger partial charge in [0.25, 0.3) is 0 Å². The molecule has 20 heavy (non-hydrogen) atoms. The van der Waals surface area contributed by atoms with Crippen LogP contribution in [-0.2, 0) is 0 Å². The number of hydrogen-bond donors (Lipinski definition) is 1. The van der Waals surface area contributed by atoms with E-state index in [4.69, 9.17) is 0 Å². The van der Waals surface area contributed by atoms with Crippen LogP contribution in [0.4, 0.5) is 0 Å². The van der Waals surface area contributed by atoms with Gasteiger partial charge >= 0.3 is 0 Å². The maximum Gasteiger partial charge on any atom is 0.137 e. The van der Waals surface area contributed by atoms with Crippen molar-refractivity contribution in [1.82, 2.24) is 14.7 Å². The Kier molecular flexibility index (Phi) is 4.29. The first-order chi connectivity index (χ1) is 9.35. The van der Waals surface area contributed by atoms with E-state index in [1.807, 2.05) is 24.4 Å². The van der Waals surface area contributed by atoms with Gasteiger partial charge in [-0.1, -0.05) is 25.5 Å². The molecule has 2 heterocycles. The van der Waals surface area contributed by atoms with Gasteiger partial charge < -0.3 is 9.72 Å². The number of imidazole rings is 1. The number of pyridine rings is 1. The van der Waals surface area contributed by atoms with Crippen molar-refractivity contribution >= 4 is 11.7 Å². The molecule has 2 aromatic rings. The SMILES string of the molecule is CC(C)C(=Cc1cn2ccccc2n1)CNC(C)(C)C. The molecule has 0 saturated heterocycles. The van der Waals surface area contributed by atoms with Crippen LogP contribution in [-0.4, -0.2) is 21.5 Å². The average Bonchev–Trinajstić information content (AvgIpc) is 2.75.